The van der Waals surface area contributed by atoms with Crippen LogP contribution in [0.5, 0.6) is 0 Å². The third kappa shape index (κ3) is 3.42. The minimum atomic E-state index is -0.415. The van der Waals surface area contributed by atoms with Gasteiger partial charge in [0.1, 0.15) is 0 Å². The third-order valence-electron chi connectivity index (χ3n) is 3.07. The molecular formula is C16H17NO2. The molecule has 0 atom stereocenters. The summed E-state index contributed by atoms with van der Waals surface area (Å²) in [7, 11) is 0. The zero-order valence-electron chi connectivity index (χ0n) is 10.7. The molecule has 2 aromatic rings. The van der Waals surface area contributed by atoms with Gasteiger partial charge >= 0.3 is 0 Å². The molecule has 19 heavy (non-hydrogen) atoms. The van der Waals surface area contributed by atoms with Gasteiger partial charge in [0.15, 0.2) is 0 Å². The Balaban J connectivity index is 2.35. The van der Waals surface area contributed by atoms with E-state index in [0.29, 0.717) is 18.4 Å². The van der Waals surface area contributed by atoms with E-state index in [1.165, 1.54) is 0 Å². The fourth-order valence-electron chi connectivity index (χ4n) is 2.13. The molecule has 0 aliphatic rings. The smallest absolute Gasteiger partial charge is 0.248 e. The molecule has 0 aliphatic heterocycles. The van der Waals surface area contributed by atoms with Crippen molar-refractivity contribution in [2.45, 2.75) is 12.8 Å². The van der Waals surface area contributed by atoms with Gasteiger partial charge in [-0.05, 0) is 35.6 Å². The normalized spacial score (nSPS) is 10.4. The average molecular weight is 255 g/mol. The molecule has 3 heteroatoms. The van der Waals surface area contributed by atoms with Crippen LogP contribution >= 0.6 is 0 Å². The van der Waals surface area contributed by atoms with Crippen molar-refractivity contribution in [1.29, 1.82) is 0 Å². The molecule has 0 aromatic heterocycles. The van der Waals surface area contributed by atoms with Crippen molar-refractivity contribution in [2.75, 3.05) is 6.61 Å². The van der Waals surface area contributed by atoms with Gasteiger partial charge in [-0.25, -0.2) is 0 Å². The first-order chi connectivity index (χ1) is 9.20. The zero-order valence-corrected chi connectivity index (χ0v) is 10.7. The molecule has 98 valence electrons. The van der Waals surface area contributed by atoms with Gasteiger partial charge in [0.05, 0.1) is 0 Å². The molecule has 2 aromatic carbocycles. The fraction of sp³-hybridized carbons (Fsp3) is 0.188. The van der Waals surface area contributed by atoms with E-state index in [9.17, 15) is 4.79 Å². The summed E-state index contributed by atoms with van der Waals surface area (Å²) in [6.45, 7) is 0.0979. The molecular weight excluding hydrogens is 238 g/mol. The SMILES string of the molecule is NC(=O)c1ccc(CCO)cc1Cc1ccccc1. The lowest BCUT2D eigenvalue weighted by Gasteiger charge is -2.09. The highest BCUT2D eigenvalue weighted by Crippen LogP contribution is 2.17. The Labute approximate surface area is 112 Å². The lowest BCUT2D eigenvalue weighted by Crippen LogP contribution is -2.14. The molecule has 0 heterocycles. The maximum atomic E-state index is 11.5. The van der Waals surface area contributed by atoms with Gasteiger partial charge in [-0.2, -0.15) is 0 Å². The van der Waals surface area contributed by atoms with Gasteiger partial charge < -0.3 is 10.8 Å². The molecule has 0 unspecified atom stereocenters. The van der Waals surface area contributed by atoms with Gasteiger partial charge in [-0.1, -0.05) is 42.5 Å². The van der Waals surface area contributed by atoms with Crippen LogP contribution in [0.15, 0.2) is 48.5 Å². The van der Waals surface area contributed by atoms with Crippen LogP contribution in [0.4, 0.5) is 0 Å². The van der Waals surface area contributed by atoms with Gasteiger partial charge in [0.2, 0.25) is 5.91 Å². The van der Waals surface area contributed by atoms with Crippen molar-refractivity contribution < 1.29 is 9.90 Å². The van der Waals surface area contributed by atoms with Crippen LogP contribution in [0.2, 0.25) is 0 Å². The number of rotatable bonds is 5. The van der Waals surface area contributed by atoms with E-state index in [1.807, 2.05) is 42.5 Å². The monoisotopic (exact) mass is 255 g/mol. The second kappa shape index (κ2) is 6.16. The Morgan fingerprint density at radius 2 is 1.79 bits per heavy atom. The number of carbonyl (C=O) groups excluding carboxylic acids is 1. The number of hydrogen-bond donors (Lipinski definition) is 2. The van der Waals surface area contributed by atoms with Crippen molar-refractivity contribution in [3.63, 3.8) is 0 Å². The number of aliphatic hydroxyl groups is 1. The van der Waals surface area contributed by atoms with E-state index in [1.54, 1.807) is 6.07 Å². The van der Waals surface area contributed by atoms with E-state index in [4.69, 9.17) is 10.8 Å². The Bertz CT molecular complexity index is 564. The van der Waals surface area contributed by atoms with Crippen molar-refractivity contribution in [3.05, 3.63) is 70.8 Å². The van der Waals surface area contributed by atoms with Crippen LogP contribution in [-0.2, 0) is 12.8 Å². The zero-order chi connectivity index (χ0) is 13.7. The summed E-state index contributed by atoms with van der Waals surface area (Å²) >= 11 is 0. The van der Waals surface area contributed by atoms with Gasteiger partial charge in [0.25, 0.3) is 0 Å². The highest BCUT2D eigenvalue weighted by molar-refractivity contribution is 5.94. The first-order valence-electron chi connectivity index (χ1n) is 6.27. The predicted octanol–water partition coefficient (Wildman–Crippen LogP) is 1.91. The standard InChI is InChI=1S/C16H17NO2/c17-16(19)15-7-6-13(8-9-18)11-14(15)10-12-4-2-1-3-5-12/h1-7,11,18H,8-10H2,(H2,17,19). The van der Waals surface area contributed by atoms with Crippen molar-refractivity contribution in [1.82, 2.24) is 0 Å². The van der Waals surface area contributed by atoms with Gasteiger partial charge in [0, 0.05) is 12.2 Å². The van der Waals surface area contributed by atoms with Crippen LogP contribution in [0.25, 0.3) is 0 Å². The molecule has 3 N–H and O–H groups in total. The number of carbonyl (C=O) groups is 1. The number of nitrogens with two attached hydrogens (primary N) is 1. The fourth-order valence-corrected chi connectivity index (χ4v) is 2.13. The highest BCUT2D eigenvalue weighted by Gasteiger charge is 2.09. The highest BCUT2D eigenvalue weighted by atomic mass is 16.2. The summed E-state index contributed by atoms with van der Waals surface area (Å²) in [6, 6.07) is 15.5. The predicted molar refractivity (Wildman–Crippen MR) is 75.0 cm³/mol. The minimum Gasteiger partial charge on any atom is -0.396 e. The van der Waals surface area contributed by atoms with Crippen molar-refractivity contribution in [2.24, 2.45) is 5.73 Å². The molecule has 0 spiro atoms. The first-order valence-corrected chi connectivity index (χ1v) is 6.27. The molecule has 0 saturated carbocycles. The van der Waals surface area contributed by atoms with Crippen molar-refractivity contribution in [3.8, 4) is 0 Å². The lowest BCUT2D eigenvalue weighted by atomic mass is 9.96. The molecule has 0 radical (unpaired) electrons. The third-order valence-corrected chi connectivity index (χ3v) is 3.07. The summed E-state index contributed by atoms with van der Waals surface area (Å²) in [6.07, 6.45) is 1.25. The van der Waals surface area contributed by atoms with E-state index in [-0.39, 0.29) is 6.61 Å². The second-order valence-corrected chi connectivity index (χ2v) is 4.49. The Morgan fingerprint density at radius 3 is 2.42 bits per heavy atom. The molecule has 0 aliphatic carbocycles. The summed E-state index contributed by atoms with van der Waals surface area (Å²) in [4.78, 5) is 11.5. The first kappa shape index (κ1) is 13.3. The maximum Gasteiger partial charge on any atom is 0.248 e. The summed E-state index contributed by atoms with van der Waals surface area (Å²) in [5.41, 5.74) is 9.00. The van der Waals surface area contributed by atoms with E-state index in [0.717, 1.165) is 16.7 Å². The van der Waals surface area contributed by atoms with E-state index >= 15 is 0 Å². The van der Waals surface area contributed by atoms with Crippen LogP contribution in [0.3, 0.4) is 0 Å². The average Bonchev–Trinajstić information content (AvgIpc) is 2.40. The van der Waals surface area contributed by atoms with E-state index < -0.39 is 5.91 Å². The molecule has 1 amide bonds. The van der Waals surface area contributed by atoms with E-state index in [2.05, 4.69) is 0 Å². The molecule has 0 bridgehead atoms. The molecule has 3 nitrogen and oxygen atoms in total. The number of aliphatic hydroxyl groups excluding tert-OH is 1. The Kier molecular flexibility index (Phi) is 4.31. The number of amides is 1. The number of hydrogen-bond acceptors (Lipinski definition) is 2. The van der Waals surface area contributed by atoms with Crippen LogP contribution in [0.1, 0.15) is 27.0 Å². The molecule has 0 saturated heterocycles. The number of primary amides is 1. The summed E-state index contributed by atoms with van der Waals surface area (Å²) in [5, 5.41) is 8.99. The van der Waals surface area contributed by atoms with Crippen LogP contribution in [-0.4, -0.2) is 17.6 Å². The topological polar surface area (TPSA) is 63.3 Å². The summed E-state index contributed by atoms with van der Waals surface area (Å²) in [5.74, 6) is -0.415. The van der Waals surface area contributed by atoms with Crippen molar-refractivity contribution >= 4 is 5.91 Å². The van der Waals surface area contributed by atoms with Crippen LogP contribution in [0, 0.1) is 0 Å². The quantitative estimate of drug-likeness (QED) is 0.857. The molecule has 2 rings (SSSR count). The van der Waals surface area contributed by atoms with Gasteiger partial charge in [-0.3, -0.25) is 4.79 Å². The molecule has 0 fully saturated rings. The van der Waals surface area contributed by atoms with Crippen LogP contribution < -0.4 is 5.73 Å². The summed E-state index contributed by atoms with van der Waals surface area (Å²) < 4.78 is 0. The Hall–Kier alpha value is -2.13. The minimum absolute atomic E-state index is 0.0979. The lowest BCUT2D eigenvalue weighted by molar-refractivity contribution is 0.0999. The second-order valence-electron chi connectivity index (χ2n) is 4.49. The maximum absolute atomic E-state index is 11.5. The van der Waals surface area contributed by atoms with Gasteiger partial charge in [-0.15, -0.1) is 0 Å². The Morgan fingerprint density at radius 1 is 1.05 bits per heavy atom. The largest absolute Gasteiger partial charge is 0.396 e. The number of benzene rings is 2.